The molecule has 0 amide bonds. The molecule has 1 saturated heterocycles. The summed E-state index contributed by atoms with van der Waals surface area (Å²) in [6.07, 6.45) is 16.5. The summed E-state index contributed by atoms with van der Waals surface area (Å²) in [4.78, 5) is 56.7. The number of carboxylic acid groups (broad SMARTS) is 1. The number of rotatable bonds is 11. The standard InChI is InChI=1S/C26H44O8/c27-23(24(28)16-17-25(29)30)15-11-7-6-10-14-22-20-31-33-26(34-32-21-22)18-12-8-4-2-1-3-5-9-13-19-26/h22H,1-21H2,(H,29,30). The van der Waals surface area contributed by atoms with Crippen molar-refractivity contribution in [2.24, 2.45) is 5.92 Å². The number of Topliss-reactive ketones (excluding diaryl/α,β-unsaturated/α-hetero) is 2. The van der Waals surface area contributed by atoms with Gasteiger partial charge in [-0.1, -0.05) is 64.2 Å². The summed E-state index contributed by atoms with van der Waals surface area (Å²) < 4.78 is 0. The molecule has 2 fully saturated rings. The molecule has 0 atom stereocenters. The molecule has 8 heteroatoms. The van der Waals surface area contributed by atoms with Gasteiger partial charge in [-0.15, -0.1) is 0 Å². The number of aliphatic carboxylic acids is 1. The van der Waals surface area contributed by atoms with Gasteiger partial charge in [0.1, 0.15) is 0 Å². The number of unbranched alkanes of at least 4 members (excludes halogenated alkanes) is 3. The van der Waals surface area contributed by atoms with Crippen LogP contribution in [-0.4, -0.2) is 41.6 Å². The first-order valence-corrected chi connectivity index (χ1v) is 13.4. The number of ketones is 2. The van der Waals surface area contributed by atoms with Crippen LogP contribution in [0.5, 0.6) is 0 Å². The highest BCUT2D eigenvalue weighted by Gasteiger charge is 2.36. The van der Waals surface area contributed by atoms with E-state index >= 15 is 0 Å². The summed E-state index contributed by atoms with van der Waals surface area (Å²) in [5.41, 5.74) is 0. The van der Waals surface area contributed by atoms with Crippen molar-refractivity contribution in [2.75, 3.05) is 13.2 Å². The van der Waals surface area contributed by atoms with Gasteiger partial charge in [0.15, 0.2) is 11.6 Å². The van der Waals surface area contributed by atoms with E-state index in [2.05, 4.69) is 0 Å². The Morgan fingerprint density at radius 2 is 1.15 bits per heavy atom. The lowest BCUT2D eigenvalue weighted by molar-refractivity contribution is -0.531. The molecule has 2 aliphatic rings. The molecule has 1 aliphatic heterocycles. The van der Waals surface area contributed by atoms with Gasteiger partial charge in [0.05, 0.1) is 19.6 Å². The van der Waals surface area contributed by atoms with E-state index in [1.807, 2.05) is 0 Å². The third kappa shape index (κ3) is 12.4. The van der Waals surface area contributed by atoms with E-state index in [4.69, 9.17) is 24.7 Å². The molecular weight excluding hydrogens is 440 g/mol. The number of hydrogen-bond acceptors (Lipinski definition) is 7. The van der Waals surface area contributed by atoms with Crippen LogP contribution in [-0.2, 0) is 33.9 Å². The predicted molar refractivity (Wildman–Crippen MR) is 126 cm³/mol. The van der Waals surface area contributed by atoms with Crippen LogP contribution in [0.1, 0.15) is 122 Å². The molecule has 2 rings (SSSR count). The number of carboxylic acids is 1. The molecule has 0 unspecified atom stereocenters. The minimum absolute atomic E-state index is 0.183. The molecule has 8 nitrogen and oxygen atoms in total. The summed E-state index contributed by atoms with van der Waals surface area (Å²) in [5, 5.41) is 8.58. The van der Waals surface area contributed by atoms with Gasteiger partial charge in [-0.05, 0) is 25.7 Å². The van der Waals surface area contributed by atoms with Gasteiger partial charge < -0.3 is 5.11 Å². The zero-order valence-corrected chi connectivity index (χ0v) is 20.7. The first-order chi connectivity index (χ1) is 16.5. The fraction of sp³-hybridized carbons (Fsp3) is 0.885. The average molecular weight is 485 g/mol. The summed E-state index contributed by atoms with van der Waals surface area (Å²) in [5.74, 6) is -2.71. The molecular formula is C26H44O8. The molecule has 0 aromatic heterocycles. The van der Waals surface area contributed by atoms with E-state index in [-0.39, 0.29) is 25.2 Å². The van der Waals surface area contributed by atoms with Gasteiger partial charge in [0, 0.05) is 31.6 Å². The molecule has 1 aliphatic carbocycles. The van der Waals surface area contributed by atoms with Crippen molar-refractivity contribution in [2.45, 2.75) is 128 Å². The third-order valence-corrected chi connectivity index (χ3v) is 6.79. The first kappa shape index (κ1) is 28.9. The van der Waals surface area contributed by atoms with E-state index in [0.29, 0.717) is 19.6 Å². The Bertz CT molecular complexity index is 582. The fourth-order valence-electron chi connectivity index (χ4n) is 4.59. The second-order valence-electron chi connectivity index (χ2n) is 9.89. The van der Waals surface area contributed by atoms with Gasteiger partial charge >= 0.3 is 5.97 Å². The third-order valence-electron chi connectivity index (χ3n) is 6.79. The highest BCUT2D eigenvalue weighted by molar-refractivity contribution is 6.37. The van der Waals surface area contributed by atoms with Gasteiger partial charge in [0.2, 0.25) is 5.79 Å². The average Bonchev–Trinajstić information content (AvgIpc) is 2.79. The van der Waals surface area contributed by atoms with Crippen molar-refractivity contribution in [3.05, 3.63) is 0 Å². The fourth-order valence-corrected chi connectivity index (χ4v) is 4.59. The minimum Gasteiger partial charge on any atom is -0.481 e. The summed E-state index contributed by atoms with van der Waals surface area (Å²) in [7, 11) is 0. The quantitative estimate of drug-likeness (QED) is 0.221. The van der Waals surface area contributed by atoms with E-state index in [1.165, 1.54) is 44.9 Å². The van der Waals surface area contributed by atoms with E-state index in [0.717, 1.165) is 51.4 Å². The molecule has 196 valence electrons. The van der Waals surface area contributed by atoms with Crippen molar-refractivity contribution in [1.29, 1.82) is 0 Å². The van der Waals surface area contributed by atoms with Crippen LogP contribution >= 0.6 is 0 Å². The van der Waals surface area contributed by atoms with E-state index in [9.17, 15) is 14.4 Å². The van der Waals surface area contributed by atoms with Crippen molar-refractivity contribution in [3.63, 3.8) is 0 Å². The van der Waals surface area contributed by atoms with E-state index < -0.39 is 23.3 Å². The number of carbonyl (C=O) groups is 3. The zero-order valence-electron chi connectivity index (χ0n) is 20.7. The van der Waals surface area contributed by atoms with Crippen LogP contribution in [0.3, 0.4) is 0 Å². The van der Waals surface area contributed by atoms with Crippen molar-refractivity contribution < 1.29 is 39.0 Å². The Morgan fingerprint density at radius 1 is 0.647 bits per heavy atom. The summed E-state index contributed by atoms with van der Waals surface area (Å²) >= 11 is 0. The second-order valence-corrected chi connectivity index (χ2v) is 9.89. The molecule has 1 saturated carbocycles. The Kier molecular flexibility index (Phi) is 14.6. The Morgan fingerprint density at radius 3 is 1.71 bits per heavy atom. The van der Waals surface area contributed by atoms with Crippen LogP contribution in [0.4, 0.5) is 0 Å². The molecule has 0 aromatic carbocycles. The molecule has 1 heterocycles. The molecule has 0 aromatic rings. The number of carbonyl (C=O) groups excluding carboxylic acids is 2. The summed E-state index contributed by atoms with van der Waals surface area (Å²) in [6.45, 7) is 0.948. The van der Waals surface area contributed by atoms with Crippen LogP contribution in [0.2, 0.25) is 0 Å². The monoisotopic (exact) mass is 484 g/mol. The second kappa shape index (κ2) is 17.1. The molecule has 1 N–H and O–H groups in total. The van der Waals surface area contributed by atoms with Gasteiger partial charge in [-0.2, -0.15) is 9.78 Å². The Balaban J connectivity index is 1.60. The maximum atomic E-state index is 11.7. The van der Waals surface area contributed by atoms with Crippen LogP contribution in [0, 0.1) is 5.92 Å². The zero-order chi connectivity index (χ0) is 24.5. The first-order valence-electron chi connectivity index (χ1n) is 13.4. The topological polar surface area (TPSA) is 108 Å². The predicted octanol–water partition coefficient (Wildman–Crippen LogP) is 5.86. The molecule has 34 heavy (non-hydrogen) atoms. The van der Waals surface area contributed by atoms with Gasteiger partial charge in [0.25, 0.3) is 0 Å². The maximum absolute atomic E-state index is 11.7. The number of hydrogen-bond donors (Lipinski definition) is 1. The lowest BCUT2D eigenvalue weighted by atomic mass is 9.97. The van der Waals surface area contributed by atoms with Crippen LogP contribution in [0.15, 0.2) is 0 Å². The molecule has 0 bridgehead atoms. The highest BCUT2D eigenvalue weighted by Crippen LogP contribution is 2.32. The molecule has 0 radical (unpaired) electrons. The minimum atomic E-state index is -1.06. The Labute approximate surface area is 203 Å². The van der Waals surface area contributed by atoms with Gasteiger partial charge in [-0.3, -0.25) is 14.4 Å². The lowest BCUT2D eigenvalue weighted by Gasteiger charge is -2.34. The molecule has 1 spiro atoms. The smallest absolute Gasteiger partial charge is 0.303 e. The highest BCUT2D eigenvalue weighted by atomic mass is 17.3. The van der Waals surface area contributed by atoms with E-state index in [1.54, 1.807) is 0 Å². The van der Waals surface area contributed by atoms with Crippen molar-refractivity contribution in [1.82, 2.24) is 0 Å². The lowest BCUT2D eigenvalue weighted by Crippen LogP contribution is -2.40. The van der Waals surface area contributed by atoms with Crippen molar-refractivity contribution >= 4 is 17.5 Å². The van der Waals surface area contributed by atoms with Crippen molar-refractivity contribution in [3.8, 4) is 0 Å². The van der Waals surface area contributed by atoms with Gasteiger partial charge in [-0.25, -0.2) is 9.78 Å². The van der Waals surface area contributed by atoms with Crippen LogP contribution < -0.4 is 0 Å². The Hall–Kier alpha value is -1.35. The van der Waals surface area contributed by atoms with Crippen LogP contribution in [0.25, 0.3) is 0 Å². The largest absolute Gasteiger partial charge is 0.481 e. The summed E-state index contributed by atoms with van der Waals surface area (Å²) in [6, 6.07) is 0. The SMILES string of the molecule is O=C(O)CCC(=O)C(=O)CCCCCCC1COOC2(CCCCCCCCCCC2)OOC1. The normalized spacial score (nSPS) is 21.1. The maximum Gasteiger partial charge on any atom is 0.303 e.